The summed E-state index contributed by atoms with van der Waals surface area (Å²) in [6.45, 7) is 8.26. The summed E-state index contributed by atoms with van der Waals surface area (Å²) in [6.07, 6.45) is 1.19. The highest BCUT2D eigenvalue weighted by atomic mass is 28.2. The lowest BCUT2D eigenvalue weighted by Crippen LogP contribution is -2.45. The van der Waals surface area contributed by atoms with Crippen molar-refractivity contribution in [2.24, 2.45) is 5.41 Å². The molecule has 0 atom stereocenters. The maximum Gasteiger partial charge on any atom is 0.0566 e. The fourth-order valence-electron chi connectivity index (χ4n) is 1.32. The third kappa shape index (κ3) is 2.57. The fourth-order valence-corrected chi connectivity index (χ4v) is 1.81. The van der Waals surface area contributed by atoms with E-state index in [2.05, 4.69) is 13.5 Å². The van der Waals surface area contributed by atoms with Crippen LogP contribution in [-0.4, -0.2) is 35.9 Å². The highest BCUT2D eigenvalue weighted by molar-refractivity contribution is 6.33. The standard InChI is InChI=1S/C9H20O2Si/c1-3-9(7-11-8-9)6-10-4-5-12-2/h3-8,12H2,1-2H3. The van der Waals surface area contributed by atoms with Crippen molar-refractivity contribution in [1.82, 2.24) is 0 Å². The third-order valence-electron chi connectivity index (χ3n) is 2.62. The van der Waals surface area contributed by atoms with Gasteiger partial charge >= 0.3 is 0 Å². The summed E-state index contributed by atoms with van der Waals surface area (Å²) in [5.74, 6) is 0. The van der Waals surface area contributed by atoms with E-state index in [0.717, 1.165) is 26.4 Å². The molecule has 12 heavy (non-hydrogen) atoms. The van der Waals surface area contributed by atoms with Gasteiger partial charge in [-0.1, -0.05) is 13.5 Å². The van der Waals surface area contributed by atoms with Gasteiger partial charge in [-0.2, -0.15) is 0 Å². The molecule has 0 amide bonds. The number of rotatable bonds is 6. The van der Waals surface area contributed by atoms with Gasteiger partial charge in [0.05, 0.1) is 19.8 Å². The molecule has 1 heterocycles. The summed E-state index contributed by atoms with van der Waals surface area (Å²) in [7, 11) is 0.199. The Balaban J connectivity index is 2.04. The summed E-state index contributed by atoms with van der Waals surface area (Å²) in [5, 5.41) is 0. The maximum atomic E-state index is 5.63. The van der Waals surface area contributed by atoms with Crippen LogP contribution in [0, 0.1) is 5.41 Å². The lowest BCUT2D eigenvalue weighted by molar-refractivity contribution is -0.149. The molecule has 0 saturated carbocycles. The first-order valence-corrected chi connectivity index (χ1v) is 7.40. The van der Waals surface area contributed by atoms with Crippen molar-refractivity contribution in [3.8, 4) is 0 Å². The van der Waals surface area contributed by atoms with Gasteiger partial charge in [-0.3, -0.25) is 0 Å². The summed E-state index contributed by atoms with van der Waals surface area (Å²) >= 11 is 0. The van der Waals surface area contributed by atoms with E-state index in [9.17, 15) is 0 Å². The van der Waals surface area contributed by atoms with E-state index in [1.165, 1.54) is 12.5 Å². The molecule has 72 valence electrons. The average molecular weight is 188 g/mol. The molecule has 0 aromatic rings. The molecule has 0 unspecified atom stereocenters. The topological polar surface area (TPSA) is 18.5 Å². The molecular weight excluding hydrogens is 168 g/mol. The summed E-state index contributed by atoms with van der Waals surface area (Å²) in [5.41, 5.74) is 0.384. The zero-order valence-corrected chi connectivity index (χ0v) is 9.68. The predicted octanol–water partition coefficient (Wildman–Crippen LogP) is 1.06. The minimum Gasteiger partial charge on any atom is -0.381 e. The second kappa shape index (κ2) is 4.99. The molecule has 0 aromatic heterocycles. The Labute approximate surface area is 77.5 Å². The van der Waals surface area contributed by atoms with Crippen LogP contribution in [0.25, 0.3) is 0 Å². The van der Waals surface area contributed by atoms with Gasteiger partial charge in [0.1, 0.15) is 0 Å². The second-order valence-electron chi connectivity index (χ2n) is 3.75. The second-order valence-corrected chi connectivity index (χ2v) is 5.46. The van der Waals surface area contributed by atoms with Crippen LogP contribution in [0.15, 0.2) is 0 Å². The molecule has 0 aromatic carbocycles. The number of hydrogen-bond acceptors (Lipinski definition) is 2. The summed E-state index contributed by atoms with van der Waals surface area (Å²) < 4.78 is 10.8. The minimum absolute atomic E-state index is 0.199. The van der Waals surface area contributed by atoms with Crippen molar-refractivity contribution in [3.63, 3.8) is 0 Å². The van der Waals surface area contributed by atoms with E-state index in [1.54, 1.807) is 0 Å². The SMILES string of the molecule is CCC1(COCC[SiH2]C)COC1. The van der Waals surface area contributed by atoms with Gasteiger partial charge in [0.25, 0.3) is 0 Å². The van der Waals surface area contributed by atoms with Crippen molar-refractivity contribution in [2.75, 3.05) is 26.4 Å². The van der Waals surface area contributed by atoms with Crippen LogP contribution in [0.1, 0.15) is 13.3 Å². The van der Waals surface area contributed by atoms with E-state index in [0.29, 0.717) is 5.41 Å². The number of ether oxygens (including phenoxy) is 2. The Morgan fingerprint density at radius 3 is 2.67 bits per heavy atom. The molecule has 0 bridgehead atoms. The van der Waals surface area contributed by atoms with Crippen molar-refractivity contribution >= 4 is 9.52 Å². The Hall–Kier alpha value is 0.137. The molecule has 1 fully saturated rings. The lowest BCUT2D eigenvalue weighted by Gasteiger charge is -2.40. The van der Waals surface area contributed by atoms with Gasteiger partial charge < -0.3 is 9.47 Å². The minimum atomic E-state index is 0.199. The van der Waals surface area contributed by atoms with Crippen LogP contribution in [0.5, 0.6) is 0 Å². The van der Waals surface area contributed by atoms with E-state index < -0.39 is 0 Å². The largest absolute Gasteiger partial charge is 0.381 e. The van der Waals surface area contributed by atoms with Gasteiger partial charge in [-0.25, -0.2) is 0 Å². The van der Waals surface area contributed by atoms with Crippen molar-refractivity contribution < 1.29 is 9.47 Å². The Morgan fingerprint density at radius 2 is 2.25 bits per heavy atom. The van der Waals surface area contributed by atoms with Crippen LogP contribution >= 0.6 is 0 Å². The van der Waals surface area contributed by atoms with Crippen molar-refractivity contribution in [3.05, 3.63) is 0 Å². The lowest BCUT2D eigenvalue weighted by atomic mass is 9.84. The third-order valence-corrected chi connectivity index (χ3v) is 3.61. The Kier molecular flexibility index (Phi) is 4.25. The van der Waals surface area contributed by atoms with Crippen LogP contribution in [0.2, 0.25) is 12.6 Å². The van der Waals surface area contributed by atoms with Gasteiger partial charge in [0, 0.05) is 21.5 Å². The molecule has 0 radical (unpaired) electrons. The molecule has 3 heteroatoms. The van der Waals surface area contributed by atoms with E-state index >= 15 is 0 Å². The van der Waals surface area contributed by atoms with Crippen LogP contribution in [-0.2, 0) is 9.47 Å². The molecule has 1 aliphatic heterocycles. The van der Waals surface area contributed by atoms with Crippen molar-refractivity contribution in [1.29, 1.82) is 0 Å². The predicted molar refractivity (Wildman–Crippen MR) is 53.6 cm³/mol. The molecule has 1 saturated heterocycles. The first kappa shape index (κ1) is 10.2. The average Bonchev–Trinajstić information content (AvgIpc) is 2.02. The normalized spacial score (nSPS) is 21.5. The van der Waals surface area contributed by atoms with Gasteiger partial charge in [0.15, 0.2) is 0 Å². The van der Waals surface area contributed by atoms with Crippen LogP contribution in [0.4, 0.5) is 0 Å². The monoisotopic (exact) mass is 188 g/mol. The van der Waals surface area contributed by atoms with E-state index in [4.69, 9.17) is 9.47 Å². The fraction of sp³-hybridized carbons (Fsp3) is 1.00. The zero-order chi connectivity index (χ0) is 8.86. The Bertz CT molecular complexity index is 118. The molecular formula is C9H20O2Si. The zero-order valence-electron chi connectivity index (χ0n) is 8.27. The molecule has 0 N–H and O–H groups in total. The highest BCUT2D eigenvalue weighted by Gasteiger charge is 2.36. The van der Waals surface area contributed by atoms with E-state index in [1.807, 2.05) is 0 Å². The van der Waals surface area contributed by atoms with Crippen LogP contribution in [0.3, 0.4) is 0 Å². The van der Waals surface area contributed by atoms with Gasteiger partial charge in [-0.05, 0) is 12.5 Å². The first-order valence-electron chi connectivity index (χ1n) is 4.98. The summed E-state index contributed by atoms with van der Waals surface area (Å²) in [4.78, 5) is 0. The molecule has 0 aliphatic carbocycles. The first-order chi connectivity index (χ1) is 5.83. The summed E-state index contributed by atoms with van der Waals surface area (Å²) in [6, 6.07) is 1.32. The molecule has 0 spiro atoms. The smallest absolute Gasteiger partial charge is 0.0566 e. The number of hydrogen-bond donors (Lipinski definition) is 0. The highest BCUT2D eigenvalue weighted by Crippen LogP contribution is 2.31. The Morgan fingerprint density at radius 1 is 1.50 bits per heavy atom. The van der Waals surface area contributed by atoms with E-state index in [-0.39, 0.29) is 9.52 Å². The maximum absolute atomic E-state index is 5.63. The molecule has 1 aliphatic rings. The van der Waals surface area contributed by atoms with Gasteiger partial charge in [0.2, 0.25) is 0 Å². The van der Waals surface area contributed by atoms with Crippen molar-refractivity contribution in [2.45, 2.75) is 25.9 Å². The molecule has 2 nitrogen and oxygen atoms in total. The van der Waals surface area contributed by atoms with Gasteiger partial charge in [-0.15, -0.1) is 0 Å². The van der Waals surface area contributed by atoms with Crippen LogP contribution < -0.4 is 0 Å². The molecule has 1 rings (SSSR count). The quantitative estimate of drug-likeness (QED) is 0.458.